The number of carbonyl (C=O) groups is 1. The van der Waals surface area contributed by atoms with Crippen LogP contribution >= 0.6 is 0 Å². The molecule has 2 aromatic carbocycles. The summed E-state index contributed by atoms with van der Waals surface area (Å²) in [6.07, 6.45) is 2.19. The molecule has 1 saturated heterocycles. The van der Waals surface area contributed by atoms with E-state index < -0.39 is 0 Å². The number of likely N-dealkylation sites (tertiary alicyclic amines) is 1. The van der Waals surface area contributed by atoms with Crippen LogP contribution in [0.2, 0.25) is 0 Å². The van der Waals surface area contributed by atoms with E-state index in [2.05, 4.69) is 5.16 Å². The van der Waals surface area contributed by atoms with Crippen LogP contribution in [-0.2, 0) is 11.2 Å². The van der Waals surface area contributed by atoms with E-state index in [0.29, 0.717) is 24.5 Å². The lowest BCUT2D eigenvalue weighted by Gasteiger charge is -2.26. The lowest BCUT2D eigenvalue weighted by Crippen LogP contribution is -2.32. The first-order valence-corrected chi connectivity index (χ1v) is 9.32. The third-order valence-electron chi connectivity index (χ3n) is 5.29. The van der Waals surface area contributed by atoms with Crippen molar-refractivity contribution >= 4 is 16.9 Å². The van der Waals surface area contributed by atoms with Gasteiger partial charge in [-0.05, 0) is 42.7 Å². The van der Waals surface area contributed by atoms with Crippen LogP contribution in [0.4, 0.5) is 0 Å². The van der Waals surface area contributed by atoms with Crippen LogP contribution in [0.15, 0.2) is 47.0 Å². The Morgan fingerprint density at radius 3 is 2.89 bits per heavy atom. The minimum absolute atomic E-state index is 0.0616. The van der Waals surface area contributed by atoms with Gasteiger partial charge in [-0.15, -0.1) is 0 Å². The Kier molecular flexibility index (Phi) is 3.96. The van der Waals surface area contributed by atoms with Crippen molar-refractivity contribution in [1.29, 1.82) is 0 Å². The molecule has 27 heavy (non-hydrogen) atoms. The number of aromatic nitrogens is 1. The average molecular weight is 364 g/mol. The van der Waals surface area contributed by atoms with Crippen LogP contribution in [0.5, 0.6) is 11.5 Å². The van der Waals surface area contributed by atoms with Gasteiger partial charge in [-0.1, -0.05) is 23.4 Å². The van der Waals surface area contributed by atoms with Crippen LogP contribution in [0.3, 0.4) is 0 Å². The summed E-state index contributed by atoms with van der Waals surface area (Å²) in [5.74, 6) is 1.61. The fourth-order valence-corrected chi connectivity index (χ4v) is 3.99. The highest BCUT2D eigenvalue weighted by Gasteiger charge is 2.31. The van der Waals surface area contributed by atoms with Gasteiger partial charge in [-0.25, -0.2) is 0 Å². The number of carbonyl (C=O) groups excluding carboxylic acids is 1. The van der Waals surface area contributed by atoms with Gasteiger partial charge in [-0.3, -0.25) is 4.79 Å². The van der Waals surface area contributed by atoms with E-state index in [1.165, 1.54) is 0 Å². The number of benzene rings is 2. The fourth-order valence-electron chi connectivity index (χ4n) is 3.99. The molecule has 6 nitrogen and oxygen atoms in total. The molecule has 3 aromatic rings. The molecule has 138 valence electrons. The van der Waals surface area contributed by atoms with Crippen LogP contribution in [0.1, 0.15) is 30.1 Å². The zero-order valence-electron chi connectivity index (χ0n) is 14.9. The summed E-state index contributed by atoms with van der Waals surface area (Å²) in [6.45, 7) is 1.89. The topological polar surface area (TPSA) is 64.8 Å². The van der Waals surface area contributed by atoms with Crippen molar-refractivity contribution in [2.45, 2.75) is 25.3 Å². The van der Waals surface area contributed by atoms with Crippen molar-refractivity contribution in [3.8, 4) is 11.5 Å². The molecule has 2 aliphatic rings. The van der Waals surface area contributed by atoms with Crippen molar-refractivity contribution in [1.82, 2.24) is 10.1 Å². The molecule has 0 N–H and O–H groups in total. The maximum Gasteiger partial charge on any atom is 0.229 e. The molecule has 0 bridgehead atoms. The first-order chi connectivity index (χ1) is 13.3. The van der Waals surface area contributed by atoms with Crippen LogP contribution in [0, 0.1) is 0 Å². The maximum atomic E-state index is 13.0. The second-order valence-corrected chi connectivity index (χ2v) is 6.95. The molecule has 1 aromatic heterocycles. The van der Waals surface area contributed by atoms with Gasteiger partial charge in [0.25, 0.3) is 0 Å². The van der Waals surface area contributed by atoms with Crippen molar-refractivity contribution in [3.63, 3.8) is 0 Å². The van der Waals surface area contributed by atoms with E-state index in [-0.39, 0.29) is 18.4 Å². The molecular weight excluding hydrogens is 344 g/mol. The first-order valence-electron chi connectivity index (χ1n) is 9.32. The van der Waals surface area contributed by atoms with Gasteiger partial charge < -0.3 is 18.9 Å². The number of ether oxygens (including phenoxy) is 2. The van der Waals surface area contributed by atoms with E-state index in [1.807, 2.05) is 47.4 Å². The normalized spacial score (nSPS) is 18.8. The van der Waals surface area contributed by atoms with Gasteiger partial charge in [0.1, 0.15) is 18.9 Å². The second kappa shape index (κ2) is 6.61. The van der Waals surface area contributed by atoms with Gasteiger partial charge >= 0.3 is 0 Å². The molecule has 0 radical (unpaired) electrons. The highest BCUT2D eigenvalue weighted by Crippen LogP contribution is 2.38. The number of para-hydroxylation sites is 1. The third kappa shape index (κ3) is 2.91. The molecule has 0 unspecified atom stereocenters. The van der Waals surface area contributed by atoms with Gasteiger partial charge in [0.15, 0.2) is 17.1 Å². The Morgan fingerprint density at radius 1 is 1.11 bits per heavy atom. The van der Waals surface area contributed by atoms with Crippen molar-refractivity contribution in [2.24, 2.45) is 0 Å². The largest absolute Gasteiger partial charge is 0.486 e. The van der Waals surface area contributed by atoms with Crippen molar-refractivity contribution in [2.75, 3.05) is 19.8 Å². The predicted molar refractivity (Wildman–Crippen MR) is 98.8 cm³/mol. The van der Waals surface area contributed by atoms with Crippen molar-refractivity contribution < 1.29 is 18.8 Å². The fraction of sp³-hybridized carbons (Fsp3) is 0.333. The highest BCUT2D eigenvalue weighted by molar-refractivity contribution is 5.86. The lowest BCUT2D eigenvalue weighted by atomic mass is 10.0. The maximum absolute atomic E-state index is 13.0. The Bertz CT molecular complexity index is 997. The zero-order chi connectivity index (χ0) is 18.2. The zero-order valence-corrected chi connectivity index (χ0v) is 14.9. The van der Waals surface area contributed by atoms with Crippen LogP contribution < -0.4 is 9.47 Å². The molecule has 1 fully saturated rings. The third-order valence-corrected chi connectivity index (χ3v) is 5.29. The molecule has 5 rings (SSSR count). The number of hydrogen-bond acceptors (Lipinski definition) is 5. The molecule has 0 aliphatic carbocycles. The summed E-state index contributed by atoms with van der Waals surface area (Å²) in [6, 6.07) is 13.7. The van der Waals surface area contributed by atoms with E-state index in [1.54, 1.807) is 0 Å². The van der Waals surface area contributed by atoms with Gasteiger partial charge in [-0.2, -0.15) is 0 Å². The van der Waals surface area contributed by atoms with E-state index in [4.69, 9.17) is 14.0 Å². The minimum atomic E-state index is 0.0616. The number of amides is 1. The smallest absolute Gasteiger partial charge is 0.229 e. The molecule has 1 amide bonds. The Hall–Kier alpha value is -3.02. The minimum Gasteiger partial charge on any atom is -0.486 e. The van der Waals surface area contributed by atoms with Crippen LogP contribution in [-0.4, -0.2) is 35.7 Å². The summed E-state index contributed by atoms with van der Waals surface area (Å²) < 4.78 is 16.6. The Labute approximate surface area is 156 Å². The van der Waals surface area contributed by atoms with Gasteiger partial charge in [0.2, 0.25) is 5.91 Å². The molecule has 0 spiro atoms. The first kappa shape index (κ1) is 16.2. The summed E-state index contributed by atoms with van der Waals surface area (Å²) >= 11 is 0. The summed E-state index contributed by atoms with van der Waals surface area (Å²) in [5, 5.41) is 5.01. The number of nitrogens with zero attached hydrogens (tertiary/aromatic N) is 2. The molecular formula is C21H20N2O4. The second-order valence-electron chi connectivity index (χ2n) is 6.95. The molecule has 2 aliphatic heterocycles. The SMILES string of the molecule is O=C(Cc1noc2ccccc12)N1CCC[C@@H]1c1ccc2c(c1)OCCO2. The van der Waals surface area contributed by atoms with Gasteiger partial charge in [0.05, 0.1) is 12.5 Å². The quantitative estimate of drug-likeness (QED) is 0.712. The lowest BCUT2D eigenvalue weighted by molar-refractivity contribution is -0.131. The highest BCUT2D eigenvalue weighted by atomic mass is 16.6. The molecule has 0 saturated carbocycles. The standard InChI is InChI=1S/C21H20N2O4/c24-21(13-16-15-4-1-2-6-18(15)27-22-16)23-9-3-5-17(23)14-7-8-19-20(12-14)26-11-10-25-19/h1-2,4,6-8,12,17H,3,5,9-11,13H2/t17-/m1/s1. The van der Waals surface area contributed by atoms with Crippen molar-refractivity contribution in [3.05, 3.63) is 53.7 Å². The van der Waals surface area contributed by atoms with E-state index >= 15 is 0 Å². The number of rotatable bonds is 3. The molecule has 6 heteroatoms. The van der Waals surface area contributed by atoms with E-state index in [9.17, 15) is 4.79 Å². The van der Waals surface area contributed by atoms with Gasteiger partial charge in [0, 0.05) is 11.9 Å². The summed E-state index contributed by atoms with van der Waals surface area (Å²) in [5.41, 5.74) is 2.50. The molecule has 1 atom stereocenters. The summed E-state index contributed by atoms with van der Waals surface area (Å²) in [4.78, 5) is 15.0. The van der Waals surface area contributed by atoms with Crippen LogP contribution in [0.25, 0.3) is 11.0 Å². The number of hydrogen-bond donors (Lipinski definition) is 0. The molecule has 3 heterocycles. The van der Waals surface area contributed by atoms with E-state index in [0.717, 1.165) is 41.8 Å². The monoisotopic (exact) mass is 364 g/mol. The summed E-state index contributed by atoms with van der Waals surface area (Å²) in [7, 11) is 0. The predicted octanol–water partition coefficient (Wildman–Crippen LogP) is 3.51. The Morgan fingerprint density at radius 2 is 1.96 bits per heavy atom. The number of fused-ring (bicyclic) bond motifs is 2. The Balaban J connectivity index is 1.38. The average Bonchev–Trinajstić information content (AvgIpc) is 3.35.